The Morgan fingerprint density at radius 2 is 1.95 bits per heavy atom. The van der Waals surface area contributed by atoms with Crippen LogP contribution in [0.3, 0.4) is 0 Å². The van der Waals surface area contributed by atoms with Gasteiger partial charge in [0, 0.05) is 25.7 Å². The predicted molar refractivity (Wildman–Crippen MR) is 82.7 cm³/mol. The van der Waals surface area contributed by atoms with Crippen LogP contribution in [0.25, 0.3) is 0 Å². The van der Waals surface area contributed by atoms with E-state index >= 15 is 0 Å². The largest absolute Gasteiger partial charge is 0.352 e. The highest BCUT2D eigenvalue weighted by atomic mass is 19.1. The summed E-state index contributed by atoms with van der Waals surface area (Å²) in [5.41, 5.74) is -0.110. The fraction of sp³-hybridized carbons (Fsp3) is 0.588. The smallest absolute Gasteiger partial charge is 0.254 e. The van der Waals surface area contributed by atoms with E-state index in [0.717, 1.165) is 38.2 Å². The van der Waals surface area contributed by atoms with Gasteiger partial charge in [0.05, 0.1) is 5.56 Å². The summed E-state index contributed by atoms with van der Waals surface area (Å²) < 4.78 is 26.3. The Kier molecular flexibility index (Phi) is 5.89. The van der Waals surface area contributed by atoms with Crippen LogP contribution < -0.4 is 5.32 Å². The Hall–Kier alpha value is -1.49. The van der Waals surface area contributed by atoms with Gasteiger partial charge in [-0.15, -0.1) is 0 Å². The average molecular weight is 310 g/mol. The molecule has 2 atom stereocenters. The lowest BCUT2D eigenvalue weighted by Gasteiger charge is -2.34. The highest BCUT2D eigenvalue weighted by Crippen LogP contribution is 2.20. The van der Waals surface area contributed by atoms with Gasteiger partial charge in [-0.05, 0) is 43.4 Å². The summed E-state index contributed by atoms with van der Waals surface area (Å²) in [6.45, 7) is 8.16. The summed E-state index contributed by atoms with van der Waals surface area (Å²) >= 11 is 0. The van der Waals surface area contributed by atoms with Crippen molar-refractivity contribution in [3.8, 4) is 0 Å². The van der Waals surface area contributed by atoms with Crippen molar-refractivity contribution in [2.24, 2.45) is 11.8 Å². The molecule has 0 spiro atoms. The standard InChI is InChI=1S/C17H24F2N2O/c1-12-8-13(2)11-21(10-12)7-3-6-20-17(22)15-5-4-14(18)9-16(15)19/h4-5,9,12-13H,3,6-8,10-11H2,1-2H3,(H,20,22)/t12-,13+. The van der Waals surface area contributed by atoms with Gasteiger partial charge in [0.25, 0.3) is 5.91 Å². The third-order valence-corrected chi connectivity index (χ3v) is 4.06. The second kappa shape index (κ2) is 7.68. The van der Waals surface area contributed by atoms with Crippen LogP contribution in [0.15, 0.2) is 18.2 Å². The number of nitrogens with one attached hydrogen (secondary N) is 1. The molecule has 0 bridgehead atoms. The third kappa shape index (κ3) is 4.77. The summed E-state index contributed by atoms with van der Waals surface area (Å²) in [6.07, 6.45) is 2.10. The maximum absolute atomic E-state index is 13.5. The molecule has 2 rings (SSSR count). The minimum absolute atomic E-state index is 0.110. The van der Waals surface area contributed by atoms with Gasteiger partial charge >= 0.3 is 0 Å². The third-order valence-electron chi connectivity index (χ3n) is 4.06. The summed E-state index contributed by atoms with van der Waals surface area (Å²) in [6, 6.07) is 2.99. The van der Waals surface area contributed by atoms with Crippen molar-refractivity contribution < 1.29 is 13.6 Å². The number of likely N-dealkylation sites (tertiary alicyclic amines) is 1. The van der Waals surface area contributed by atoms with Gasteiger partial charge in [-0.2, -0.15) is 0 Å². The Morgan fingerprint density at radius 3 is 2.59 bits per heavy atom. The zero-order valence-corrected chi connectivity index (χ0v) is 13.2. The second-order valence-electron chi connectivity index (χ2n) is 6.44. The highest BCUT2D eigenvalue weighted by molar-refractivity contribution is 5.94. The minimum atomic E-state index is -0.823. The first-order chi connectivity index (χ1) is 10.5. The van der Waals surface area contributed by atoms with Crippen LogP contribution >= 0.6 is 0 Å². The van der Waals surface area contributed by atoms with E-state index in [0.29, 0.717) is 18.4 Å². The molecular weight excluding hydrogens is 286 g/mol. The van der Waals surface area contributed by atoms with E-state index in [1.165, 1.54) is 12.5 Å². The molecule has 1 fully saturated rings. The molecule has 0 aliphatic carbocycles. The molecular formula is C17H24F2N2O. The summed E-state index contributed by atoms with van der Waals surface area (Å²) in [5.74, 6) is -0.560. The van der Waals surface area contributed by atoms with Gasteiger partial charge < -0.3 is 10.2 Å². The quantitative estimate of drug-likeness (QED) is 0.848. The monoisotopic (exact) mass is 310 g/mol. The summed E-state index contributed by atoms with van der Waals surface area (Å²) in [5, 5.41) is 2.69. The molecule has 1 aromatic carbocycles. The molecule has 0 radical (unpaired) electrons. The van der Waals surface area contributed by atoms with E-state index in [4.69, 9.17) is 0 Å². The maximum atomic E-state index is 13.5. The average Bonchev–Trinajstić information content (AvgIpc) is 2.42. The molecule has 1 aromatic rings. The Bertz CT molecular complexity index is 511. The number of hydrogen-bond donors (Lipinski definition) is 1. The molecule has 1 aliphatic rings. The molecule has 5 heteroatoms. The van der Waals surface area contributed by atoms with Gasteiger partial charge in [0.15, 0.2) is 0 Å². The zero-order chi connectivity index (χ0) is 16.1. The van der Waals surface area contributed by atoms with Gasteiger partial charge in [-0.3, -0.25) is 4.79 Å². The zero-order valence-electron chi connectivity index (χ0n) is 13.2. The van der Waals surface area contributed by atoms with Gasteiger partial charge in [0.1, 0.15) is 11.6 Å². The Labute approximate surface area is 130 Å². The normalized spacial score (nSPS) is 22.5. The van der Waals surface area contributed by atoms with Crippen LogP contribution in [0.2, 0.25) is 0 Å². The predicted octanol–water partition coefficient (Wildman–Crippen LogP) is 3.06. The number of halogens is 2. The van der Waals surface area contributed by atoms with Crippen molar-refractivity contribution in [2.45, 2.75) is 26.7 Å². The number of amides is 1. The van der Waals surface area contributed by atoms with E-state index < -0.39 is 17.5 Å². The fourth-order valence-corrected chi connectivity index (χ4v) is 3.25. The van der Waals surface area contributed by atoms with Gasteiger partial charge in [-0.25, -0.2) is 8.78 Å². The molecule has 0 unspecified atom stereocenters. The van der Waals surface area contributed by atoms with Crippen molar-refractivity contribution in [3.05, 3.63) is 35.4 Å². The first-order valence-electron chi connectivity index (χ1n) is 7.91. The molecule has 1 saturated heterocycles. The molecule has 1 N–H and O–H groups in total. The Morgan fingerprint density at radius 1 is 1.27 bits per heavy atom. The van der Waals surface area contributed by atoms with Crippen molar-refractivity contribution in [2.75, 3.05) is 26.2 Å². The first-order valence-corrected chi connectivity index (χ1v) is 7.91. The van der Waals surface area contributed by atoms with Crippen LogP contribution in [0.4, 0.5) is 8.78 Å². The molecule has 122 valence electrons. The summed E-state index contributed by atoms with van der Waals surface area (Å²) in [7, 11) is 0. The van der Waals surface area contributed by atoms with Crippen LogP contribution in [-0.4, -0.2) is 37.0 Å². The number of hydrogen-bond acceptors (Lipinski definition) is 2. The lowest BCUT2D eigenvalue weighted by molar-refractivity contribution is 0.0943. The van der Waals surface area contributed by atoms with E-state index in [1.807, 2.05) is 0 Å². The SMILES string of the molecule is C[C@@H]1C[C@H](C)CN(CCCNC(=O)c2ccc(F)cc2F)C1. The van der Waals surface area contributed by atoms with Crippen molar-refractivity contribution in [3.63, 3.8) is 0 Å². The number of nitrogens with zero attached hydrogens (tertiary/aromatic N) is 1. The van der Waals surface area contributed by atoms with Crippen molar-refractivity contribution in [1.82, 2.24) is 10.2 Å². The molecule has 1 heterocycles. The molecule has 3 nitrogen and oxygen atoms in total. The van der Waals surface area contributed by atoms with Gasteiger partial charge in [0.2, 0.25) is 0 Å². The number of benzene rings is 1. The van der Waals surface area contributed by atoms with Crippen molar-refractivity contribution in [1.29, 1.82) is 0 Å². The van der Waals surface area contributed by atoms with Crippen molar-refractivity contribution >= 4 is 5.91 Å². The van der Waals surface area contributed by atoms with E-state index in [-0.39, 0.29) is 5.56 Å². The molecule has 0 aromatic heterocycles. The lowest BCUT2D eigenvalue weighted by Crippen LogP contribution is -2.40. The molecule has 22 heavy (non-hydrogen) atoms. The number of carbonyl (C=O) groups is 1. The highest BCUT2D eigenvalue weighted by Gasteiger charge is 2.21. The van der Waals surface area contributed by atoms with E-state index in [2.05, 4.69) is 24.1 Å². The Balaban J connectivity index is 1.73. The maximum Gasteiger partial charge on any atom is 0.254 e. The van der Waals surface area contributed by atoms with Gasteiger partial charge in [-0.1, -0.05) is 13.8 Å². The lowest BCUT2D eigenvalue weighted by atomic mass is 9.92. The first kappa shape index (κ1) is 16.9. The van der Waals surface area contributed by atoms with Crippen LogP contribution in [0, 0.1) is 23.5 Å². The molecule has 1 aliphatic heterocycles. The van der Waals surface area contributed by atoms with Crippen LogP contribution in [0.1, 0.15) is 37.0 Å². The van der Waals surface area contributed by atoms with E-state index in [1.54, 1.807) is 0 Å². The number of piperidine rings is 1. The van der Waals surface area contributed by atoms with Crippen LogP contribution in [-0.2, 0) is 0 Å². The van der Waals surface area contributed by atoms with E-state index in [9.17, 15) is 13.6 Å². The second-order valence-corrected chi connectivity index (χ2v) is 6.44. The number of rotatable bonds is 5. The summed E-state index contributed by atoms with van der Waals surface area (Å²) in [4.78, 5) is 14.3. The number of carbonyl (C=O) groups excluding carboxylic acids is 1. The molecule has 1 amide bonds. The molecule has 0 saturated carbocycles. The van der Waals surface area contributed by atoms with Crippen LogP contribution in [0.5, 0.6) is 0 Å². The topological polar surface area (TPSA) is 32.3 Å². The fourth-order valence-electron chi connectivity index (χ4n) is 3.25. The minimum Gasteiger partial charge on any atom is -0.352 e.